The summed E-state index contributed by atoms with van der Waals surface area (Å²) in [5.74, 6) is 0.464. The van der Waals surface area contributed by atoms with Gasteiger partial charge in [0.1, 0.15) is 5.82 Å². The Morgan fingerprint density at radius 1 is 1.18 bits per heavy atom. The maximum Gasteiger partial charge on any atom is 0.128 e. The quantitative estimate of drug-likeness (QED) is 0.679. The van der Waals surface area contributed by atoms with E-state index in [1.807, 2.05) is 25.3 Å². The number of aromatic nitrogens is 2. The Labute approximate surface area is 129 Å². The number of benzene rings is 1. The molecule has 0 amide bonds. The number of hydrogen-bond donors (Lipinski definition) is 0. The first kappa shape index (κ1) is 13.5. The van der Waals surface area contributed by atoms with Crippen LogP contribution in [0.2, 0.25) is 0 Å². The summed E-state index contributed by atoms with van der Waals surface area (Å²) >= 11 is 0. The molecule has 4 rings (SSSR count). The molecule has 2 aromatic heterocycles. The SMILES string of the molecule is Cc1cccnc1C(C1CC1)n1ccc2ccc(F)c(C)c21. The van der Waals surface area contributed by atoms with Gasteiger partial charge in [0.25, 0.3) is 0 Å². The van der Waals surface area contributed by atoms with Crippen LogP contribution in [0.5, 0.6) is 0 Å². The van der Waals surface area contributed by atoms with Crippen molar-refractivity contribution in [3.63, 3.8) is 0 Å². The summed E-state index contributed by atoms with van der Waals surface area (Å²) in [4.78, 5) is 4.64. The van der Waals surface area contributed by atoms with E-state index in [4.69, 9.17) is 0 Å². The molecule has 0 spiro atoms. The largest absolute Gasteiger partial charge is 0.338 e. The smallest absolute Gasteiger partial charge is 0.128 e. The van der Waals surface area contributed by atoms with Gasteiger partial charge >= 0.3 is 0 Å². The molecule has 1 saturated carbocycles. The van der Waals surface area contributed by atoms with Gasteiger partial charge in [-0.2, -0.15) is 0 Å². The second-order valence-corrected chi connectivity index (χ2v) is 6.32. The van der Waals surface area contributed by atoms with Gasteiger partial charge in [-0.3, -0.25) is 4.98 Å². The van der Waals surface area contributed by atoms with Gasteiger partial charge in [0.05, 0.1) is 17.3 Å². The lowest BCUT2D eigenvalue weighted by atomic mass is 10.0. The monoisotopic (exact) mass is 294 g/mol. The number of nitrogens with zero attached hydrogens (tertiary/aromatic N) is 2. The Hall–Kier alpha value is -2.16. The molecule has 22 heavy (non-hydrogen) atoms. The van der Waals surface area contributed by atoms with E-state index in [0.717, 1.165) is 22.2 Å². The molecule has 0 radical (unpaired) electrons. The van der Waals surface area contributed by atoms with Crippen molar-refractivity contribution in [2.75, 3.05) is 0 Å². The maximum atomic E-state index is 14.0. The zero-order valence-electron chi connectivity index (χ0n) is 12.9. The minimum atomic E-state index is -0.139. The zero-order valence-corrected chi connectivity index (χ0v) is 12.9. The van der Waals surface area contributed by atoms with E-state index < -0.39 is 0 Å². The van der Waals surface area contributed by atoms with Gasteiger partial charge in [0.2, 0.25) is 0 Å². The van der Waals surface area contributed by atoms with Gasteiger partial charge in [0, 0.05) is 23.3 Å². The third-order valence-electron chi connectivity index (χ3n) is 4.77. The molecule has 0 N–H and O–H groups in total. The molecule has 0 aliphatic heterocycles. The number of aryl methyl sites for hydroxylation is 2. The van der Waals surface area contributed by atoms with Crippen LogP contribution in [0.15, 0.2) is 42.7 Å². The van der Waals surface area contributed by atoms with Crippen LogP contribution in [0.4, 0.5) is 4.39 Å². The van der Waals surface area contributed by atoms with E-state index in [2.05, 4.69) is 34.8 Å². The first-order valence-electron chi connectivity index (χ1n) is 7.84. The van der Waals surface area contributed by atoms with E-state index in [1.54, 1.807) is 6.07 Å². The fourth-order valence-corrected chi connectivity index (χ4v) is 3.44. The highest BCUT2D eigenvalue weighted by Gasteiger charge is 2.36. The predicted octanol–water partition coefficient (Wildman–Crippen LogP) is 4.79. The van der Waals surface area contributed by atoms with Crippen molar-refractivity contribution in [3.8, 4) is 0 Å². The van der Waals surface area contributed by atoms with Gasteiger partial charge in [-0.1, -0.05) is 6.07 Å². The molecule has 1 aliphatic carbocycles. The average Bonchev–Trinajstić information content (AvgIpc) is 3.25. The highest BCUT2D eigenvalue weighted by atomic mass is 19.1. The van der Waals surface area contributed by atoms with E-state index >= 15 is 0 Å². The topological polar surface area (TPSA) is 17.8 Å². The minimum absolute atomic E-state index is 0.139. The third kappa shape index (κ3) is 2.04. The summed E-state index contributed by atoms with van der Waals surface area (Å²) < 4.78 is 16.3. The molecule has 1 aliphatic rings. The summed E-state index contributed by atoms with van der Waals surface area (Å²) in [7, 11) is 0. The van der Waals surface area contributed by atoms with Crippen LogP contribution in [0.1, 0.15) is 35.7 Å². The second kappa shape index (κ2) is 4.94. The van der Waals surface area contributed by atoms with Crippen LogP contribution in [0.25, 0.3) is 10.9 Å². The Kier molecular flexibility index (Phi) is 3.03. The van der Waals surface area contributed by atoms with Crippen LogP contribution in [0, 0.1) is 25.6 Å². The van der Waals surface area contributed by atoms with E-state index in [1.165, 1.54) is 18.4 Å². The van der Waals surface area contributed by atoms with E-state index in [9.17, 15) is 4.39 Å². The summed E-state index contributed by atoms with van der Waals surface area (Å²) in [6.45, 7) is 3.97. The Morgan fingerprint density at radius 3 is 2.73 bits per heavy atom. The van der Waals surface area contributed by atoms with Gasteiger partial charge < -0.3 is 4.57 Å². The molecule has 0 saturated heterocycles. The normalized spacial score (nSPS) is 16.1. The van der Waals surface area contributed by atoms with Crippen LogP contribution in [-0.2, 0) is 0 Å². The minimum Gasteiger partial charge on any atom is -0.338 e. The zero-order chi connectivity index (χ0) is 15.3. The van der Waals surface area contributed by atoms with Crippen LogP contribution >= 0.6 is 0 Å². The first-order chi connectivity index (χ1) is 10.7. The molecule has 1 fully saturated rings. The fourth-order valence-electron chi connectivity index (χ4n) is 3.44. The van der Waals surface area contributed by atoms with Crippen LogP contribution in [-0.4, -0.2) is 9.55 Å². The van der Waals surface area contributed by atoms with Gasteiger partial charge in [-0.15, -0.1) is 0 Å². The number of halogens is 1. The van der Waals surface area contributed by atoms with Gasteiger partial charge in [0.15, 0.2) is 0 Å². The van der Waals surface area contributed by atoms with Crippen molar-refractivity contribution in [1.82, 2.24) is 9.55 Å². The second-order valence-electron chi connectivity index (χ2n) is 6.32. The van der Waals surface area contributed by atoms with Crippen LogP contribution < -0.4 is 0 Å². The lowest BCUT2D eigenvalue weighted by Crippen LogP contribution is -2.15. The van der Waals surface area contributed by atoms with Gasteiger partial charge in [-0.05, 0) is 62.4 Å². The van der Waals surface area contributed by atoms with E-state index in [-0.39, 0.29) is 11.9 Å². The van der Waals surface area contributed by atoms with Crippen molar-refractivity contribution in [2.24, 2.45) is 5.92 Å². The van der Waals surface area contributed by atoms with Crippen molar-refractivity contribution in [2.45, 2.75) is 32.7 Å². The number of hydrogen-bond acceptors (Lipinski definition) is 1. The molecule has 1 unspecified atom stereocenters. The van der Waals surface area contributed by atoms with Crippen molar-refractivity contribution < 1.29 is 4.39 Å². The lowest BCUT2D eigenvalue weighted by molar-refractivity contribution is 0.517. The third-order valence-corrected chi connectivity index (χ3v) is 4.77. The number of fused-ring (bicyclic) bond motifs is 1. The fraction of sp³-hybridized carbons (Fsp3) is 0.316. The predicted molar refractivity (Wildman–Crippen MR) is 86.5 cm³/mol. The average molecular weight is 294 g/mol. The maximum absolute atomic E-state index is 14.0. The molecular formula is C19H19FN2. The Balaban J connectivity index is 1.95. The summed E-state index contributed by atoms with van der Waals surface area (Å²) in [6.07, 6.45) is 6.38. The summed E-state index contributed by atoms with van der Waals surface area (Å²) in [5, 5.41) is 1.10. The highest BCUT2D eigenvalue weighted by Crippen LogP contribution is 2.45. The van der Waals surface area contributed by atoms with Crippen LogP contribution in [0.3, 0.4) is 0 Å². The van der Waals surface area contributed by atoms with Crippen molar-refractivity contribution in [1.29, 1.82) is 0 Å². The molecule has 0 bridgehead atoms. The summed E-state index contributed by atoms with van der Waals surface area (Å²) in [5.41, 5.74) is 4.05. The molecule has 3 aromatic rings. The number of pyridine rings is 1. The molecule has 2 heterocycles. The molecule has 1 aromatic carbocycles. The number of rotatable bonds is 3. The Morgan fingerprint density at radius 2 is 2.00 bits per heavy atom. The lowest BCUT2D eigenvalue weighted by Gasteiger charge is -2.22. The van der Waals surface area contributed by atoms with Gasteiger partial charge in [-0.25, -0.2) is 4.39 Å². The first-order valence-corrected chi connectivity index (χ1v) is 7.84. The molecular weight excluding hydrogens is 275 g/mol. The highest BCUT2D eigenvalue weighted by molar-refractivity contribution is 5.83. The molecule has 2 nitrogen and oxygen atoms in total. The molecule has 3 heteroatoms. The van der Waals surface area contributed by atoms with Crippen molar-refractivity contribution in [3.05, 3.63) is 65.4 Å². The molecule has 1 atom stereocenters. The summed E-state index contributed by atoms with van der Waals surface area (Å²) in [6, 6.07) is 9.79. The van der Waals surface area contributed by atoms with E-state index in [0.29, 0.717) is 5.92 Å². The van der Waals surface area contributed by atoms with Crippen molar-refractivity contribution >= 4 is 10.9 Å². The Bertz CT molecular complexity index is 846. The molecule has 112 valence electrons. The standard InChI is InChI=1S/C19H19FN2/c1-12-4-3-10-21-17(12)19(14-5-6-14)22-11-9-15-7-8-16(20)13(2)18(15)22/h3-4,7-11,14,19H,5-6H2,1-2H3.